The molecule has 0 aromatic heterocycles. The summed E-state index contributed by atoms with van der Waals surface area (Å²) in [6.45, 7) is 5.84. The third kappa shape index (κ3) is 6.76. The van der Waals surface area contributed by atoms with Crippen LogP contribution in [0.5, 0.6) is 0 Å². The van der Waals surface area contributed by atoms with Crippen molar-refractivity contribution in [2.75, 3.05) is 0 Å². The van der Waals surface area contributed by atoms with Gasteiger partial charge >= 0.3 is 0 Å². The van der Waals surface area contributed by atoms with Crippen molar-refractivity contribution in [3.63, 3.8) is 0 Å². The van der Waals surface area contributed by atoms with Gasteiger partial charge in [-0.1, -0.05) is 115 Å². The van der Waals surface area contributed by atoms with E-state index in [0.29, 0.717) is 5.56 Å². The van der Waals surface area contributed by atoms with Crippen LogP contribution in [-0.4, -0.2) is 21.0 Å². The average Bonchev–Trinajstić information content (AvgIpc) is 2.93. The minimum atomic E-state index is -1.36. The molecule has 0 bridgehead atoms. The number of hydrogen-bond donors (Lipinski definition) is 1. The zero-order valence-corrected chi connectivity index (χ0v) is 22.2. The Bertz CT molecular complexity index is 1310. The molecule has 0 unspecified atom stereocenters. The predicted molar refractivity (Wildman–Crippen MR) is 153 cm³/mol. The van der Waals surface area contributed by atoms with Gasteiger partial charge in [-0.05, 0) is 31.9 Å². The molecule has 0 aliphatic rings. The number of nitrogens with zero attached hydrogens (tertiary/aromatic N) is 1. The molecule has 0 spiro atoms. The topological polar surface area (TPSA) is 58.5 Å². The Labute approximate surface area is 222 Å². The van der Waals surface area contributed by atoms with Crippen molar-refractivity contribution in [2.45, 2.75) is 37.6 Å². The summed E-state index contributed by atoms with van der Waals surface area (Å²) >= 11 is 0. The Morgan fingerprint density at radius 1 is 0.730 bits per heavy atom. The van der Waals surface area contributed by atoms with Crippen LogP contribution in [0.15, 0.2) is 120 Å². The number of rotatable bonds is 9. The van der Waals surface area contributed by atoms with E-state index in [-0.39, 0.29) is 0 Å². The Morgan fingerprint density at radius 2 is 1.22 bits per heavy atom. The quantitative estimate of drug-likeness (QED) is 0.198. The predicted octanol–water partition coefficient (Wildman–Crippen LogP) is 6.87. The van der Waals surface area contributed by atoms with E-state index in [4.69, 9.17) is 4.99 Å². The van der Waals surface area contributed by atoms with Crippen LogP contribution in [0.25, 0.3) is 0 Å². The van der Waals surface area contributed by atoms with Crippen LogP contribution in [0.4, 0.5) is 0 Å². The van der Waals surface area contributed by atoms with Gasteiger partial charge in [-0.25, -0.2) is 8.93 Å². The van der Waals surface area contributed by atoms with Crippen molar-refractivity contribution >= 4 is 23.0 Å². The van der Waals surface area contributed by atoms with Crippen LogP contribution in [-0.2, 0) is 11.0 Å². The molecule has 0 radical (unpaired) electrons. The molecule has 4 rings (SSSR count). The fourth-order valence-electron chi connectivity index (χ4n) is 4.03. The van der Waals surface area contributed by atoms with Gasteiger partial charge in [0, 0.05) is 16.7 Å². The summed E-state index contributed by atoms with van der Waals surface area (Å²) in [5.41, 5.74) is 5.35. The number of benzene rings is 4. The van der Waals surface area contributed by atoms with Crippen LogP contribution in [0.1, 0.15) is 65.5 Å². The molecule has 4 nitrogen and oxygen atoms in total. The largest absolute Gasteiger partial charge is 0.298 e. The molecule has 0 heterocycles. The maximum absolute atomic E-state index is 13.4. The second-order valence-electron chi connectivity index (χ2n) is 9.83. The molecule has 4 aromatic rings. The van der Waals surface area contributed by atoms with Gasteiger partial charge in [0.2, 0.25) is 0 Å². The van der Waals surface area contributed by atoms with Gasteiger partial charge in [-0.3, -0.25) is 9.79 Å². The number of carbonyl (C=O) groups excluding carboxylic acids is 1. The van der Waals surface area contributed by atoms with Gasteiger partial charge in [0.1, 0.15) is 6.29 Å². The summed E-state index contributed by atoms with van der Waals surface area (Å²) in [5.74, 6) is 0. The first-order valence-electron chi connectivity index (χ1n) is 12.3. The molecule has 1 N–H and O–H groups in total. The molecule has 5 heteroatoms. The fraction of sp³-hybridized carbons (Fsp3) is 0.188. The van der Waals surface area contributed by atoms with E-state index in [9.17, 15) is 9.00 Å². The molecule has 0 saturated heterocycles. The number of carbonyl (C=O) groups is 1. The molecule has 0 aliphatic carbocycles. The maximum Gasteiger partial charge on any atom is 0.150 e. The van der Waals surface area contributed by atoms with Gasteiger partial charge in [-0.15, -0.1) is 0 Å². The van der Waals surface area contributed by atoms with Crippen LogP contribution in [0, 0.1) is 0 Å². The number of hydrogen-bond acceptors (Lipinski definition) is 3. The molecule has 0 saturated carbocycles. The van der Waals surface area contributed by atoms with Crippen LogP contribution >= 0.6 is 0 Å². The highest BCUT2D eigenvalue weighted by Gasteiger charge is 2.30. The summed E-state index contributed by atoms with van der Waals surface area (Å²) < 4.78 is 16.3. The lowest BCUT2D eigenvalue weighted by Gasteiger charge is -2.30. The van der Waals surface area contributed by atoms with E-state index >= 15 is 0 Å². The second kappa shape index (κ2) is 12.0. The highest BCUT2D eigenvalue weighted by molar-refractivity contribution is 7.84. The molecule has 0 aliphatic heterocycles. The van der Waals surface area contributed by atoms with Crippen LogP contribution in [0.3, 0.4) is 0 Å². The van der Waals surface area contributed by atoms with Crippen molar-refractivity contribution < 1.29 is 9.00 Å². The first-order chi connectivity index (χ1) is 17.9. The Morgan fingerprint density at radius 3 is 1.68 bits per heavy atom. The van der Waals surface area contributed by atoms with E-state index in [0.717, 1.165) is 34.3 Å². The average molecular weight is 509 g/mol. The SMILES string of the molecule is CC(C)(C)[S@](=O)N[C@H](c1ccc(C=O)cc1)[C@@H](N=C(c1ccccc1)c1ccccc1)c1ccccc1. The smallest absolute Gasteiger partial charge is 0.150 e. The standard InChI is InChI=1S/C32H32N2O2S/c1-32(2,3)37(36)34-31(28-21-19-24(23-35)20-22-28)30(27-17-11-6-12-18-27)33-29(25-13-7-4-8-14-25)26-15-9-5-10-16-26/h4-23,30-31,34H,1-3H3/t30-,31+,37-/m0/s1. The normalized spacial score (nSPS) is 13.8. The number of nitrogens with one attached hydrogen (secondary N) is 1. The zero-order valence-electron chi connectivity index (χ0n) is 21.4. The first-order valence-corrected chi connectivity index (χ1v) is 13.5. The molecule has 37 heavy (non-hydrogen) atoms. The lowest BCUT2D eigenvalue weighted by atomic mass is 9.93. The second-order valence-corrected chi connectivity index (χ2v) is 11.8. The molecular formula is C32H32N2O2S. The van der Waals surface area contributed by atoms with Crippen molar-refractivity contribution in [1.29, 1.82) is 0 Å². The molecule has 3 atom stereocenters. The Kier molecular flexibility index (Phi) is 8.59. The van der Waals surface area contributed by atoms with Crippen molar-refractivity contribution in [3.8, 4) is 0 Å². The van der Waals surface area contributed by atoms with Gasteiger partial charge in [0.05, 0.1) is 33.5 Å². The van der Waals surface area contributed by atoms with Crippen molar-refractivity contribution in [3.05, 3.63) is 143 Å². The summed E-state index contributed by atoms with van der Waals surface area (Å²) in [6, 6.07) is 36.9. The number of aldehydes is 1. The maximum atomic E-state index is 13.4. The van der Waals surface area contributed by atoms with Gasteiger partial charge in [-0.2, -0.15) is 0 Å². The van der Waals surface area contributed by atoms with Crippen molar-refractivity contribution in [2.24, 2.45) is 4.99 Å². The lowest BCUT2D eigenvalue weighted by molar-refractivity contribution is 0.112. The van der Waals surface area contributed by atoms with Gasteiger partial charge in [0.15, 0.2) is 0 Å². The summed E-state index contributed by atoms with van der Waals surface area (Å²) in [7, 11) is -1.36. The lowest BCUT2D eigenvalue weighted by Crippen LogP contribution is -2.38. The summed E-state index contributed by atoms with van der Waals surface area (Å²) in [6.07, 6.45) is 0.829. The van der Waals surface area contributed by atoms with Crippen molar-refractivity contribution in [1.82, 2.24) is 4.72 Å². The summed E-state index contributed by atoms with van der Waals surface area (Å²) in [5, 5.41) is 0. The third-order valence-electron chi connectivity index (χ3n) is 6.04. The molecular weight excluding hydrogens is 476 g/mol. The molecule has 0 fully saturated rings. The molecule has 0 amide bonds. The van der Waals surface area contributed by atoms with E-state index in [1.165, 1.54) is 0 Å². The molecule has 4 aromatic carbocycles. The van der Waals surface area contributed by atoms with Gasteiger partial charge < -0.3 is 0 Å². The summed E-state index contributed by atoms with van der Waals surface area (Å²) in [4.78, 5) is 16.7. The Hall–Kier alpha value is -3.67. The monoisotopic (exact) mass is 508 g/mol. The Balaban J connectivity index is 1.93. The van der Waals surface area contributed by atoms with Gasteiger partial charge in [0.25, 0.3) is 0 Å². The minimum Gasteiger partial charge on any atom is -0.298 e. The van der Waals surface area contributed by atoms with E-state index in [1.807, 2.05) is 87.5 Å². The number of aliphatic imine (C=N–C) groups is 1. The van der Waals surface area contributed by atoms with Crippen LogP contribution in [0.2, 0.25) is 0 Å². The minimum absolute atomic E-state index is 0.398. The highest BCUT2D eigenvalue weighted by atomic mass is 32.2. The highest BCUT2D eigenvalue weighted by Crippen LogP contribution is 2.35. The first kappa shape index (κ1) is 26.4. The zero-order chi connectivity index (χ0) is 26.3. The third-order valence-corrected chi connectivity index (χ3v) is 7.62. The van der Waals surface area contributed by atoms with E-state index in [2.05, 4.69) is 41.1 Å². The van der Waals surface area contributed by atoms with E-state index < -0.39 is 27.8 Å². The fourth-order valence-corrected chi connectivity index (χ4v) is 4.88. The van der Waals surface area contributed by atoms with E-state index in [1.54, 1.807) is 12.1 Å². The molecule has 188 valence electrons. The van der Waals surface area contributed by atoms with Crippen LogP contribution < -0.4 is 4.72 Å².